The lowest BCUT2D eigenvalue weighted by Gasteiger charge is -2.33. The van der Waals surface area contributed by atoms with Crippen molar-refractivity contribution in [1.82, 2.24) is 0 Å². The molecule has 4 nitrogen and oxygen atoms in total. The van der Waals surface area contributed by atoms with Crippen LogP contribution in [0.25, 0.3) is 0 Å². The highest BCUT2D eigenvalue weighted by atomic mass is 35.5. The number of allylic oxidation sites excluding steroid dienone is 2. The molecule has 0 saturated carbocycles. The van der Waals surface area contributed by atoms with Gasteiger partial charge in [0, 0.05) is 23.6 Å². The third kappa shape index (κ3) is 3.39. The van der Waals surface area contributed by atoms with E-state index in [9.17, 15) is 10.1 Å². The number of rotatable bonds is 5. The van der Waals surface area contributed by atoms with Crippen LogP contribution in [0.15, 0.2) is 47.5 Å². The number of hydrogen-bond acceptors (Lipinski definition) is 3. The first-order valence-electron chi connectivity index (χ1n) is 6.52. The van der Waals surface area contributed by atoms with Crippen LogP contribution in [0.1, 0.15) is 26.2 Å². The Morgan fingerprint density at radius 3 is 2.65 bits per heavy atom. The monoisotopic (exact) mass is 293 g/mol. The minimum absolute atomic E-state index is 0.0546. The standard InChI is InChI=1S/C15H16ClNO3/c1-2-9-15(10-3-4-12(16)11-15)20-14-7-5-13(6-8-14)17(18)19/h3-8,10H,2,9,11H2,1H3. The second kappa shape index (κ2) is 6.09. The summed E-state index contributed by atoms with van der Waals surface area (Å²) in [5, 5.41) is 11.4. The number of ether oxygens (including phenoxy) is 1. The summed E-state index contributed by atoms with van der Waals surface area (Å²) in [6.07, 6.45) is 8.17. The first-order chi connectivity index (χ1) is 9.54. The fraction of sp³-hybridized carbons (Fsp3) is 0.333. The largest absolute Gasteiger partial charge is 0.483 e. The Balaban J connectivity index is 2.18. The van der Waals surface area contributed by atoms with E-state index >= 15 is 0 Å². The molecule has 0 saturated heterocycles. The Morgan fingerprint density at radius 1 is 1.40 bits per heavy atom. The Labute approximate surface area is 122 Å². The van der Waals surface area contributed by atoms with E-state index in [1.54, 1.807) is 12.1 Å². The van der Waals surface area contributed by atoms with Crippen molar-refractivity contribution in [2.75, 3.05) is 0 Å². The smallest absolute Gasteiger partial charge is 0.269 e. The number of halogens is 1. The zero-order valence-electron chi connectivity index (χ0n) is 11.2. The zero-order chi connectivity index (χ0) is 14.6. The van der Waals surface area contributed by atoms with Gasteiger partial charge in [-0.25, -0.2) is 0 Å². The molecule has 1 aliphatic carbocycles. The van der Waals surface area contributed by atoms with E-state index in [4.69, 9.17) is 16.3 Å². The van der Waals surface area contributed by atoms with Crippen molar-refractivity contribution in [3.05, 3.63) is 57.6 Å². The van der Waals surface area contributed by atoms with Crippen LogP contribution in [0, 0.1) is 10.1 Å². The fourth-order valence-electron chi connectivity index (χ4n) is 2.32. The van der Waals surface area contributed by atoms with Crippen LogP contribution in [0.4, 0.5) is 5.69 Å². The van der Waals surface area contributed by atoms with Crippen LogP contribution < -0.4 is 4.74 Å². The van der Waals surface area contributed by atoms with Crippen molar-refractivity contribution in [3.8, 4) is 5.75 Å². The lowest BCUT2D eigenvalue weighted by molar-refractivity contribution is -0.384. The number of nitro benzene ring substituents is 1. The molecular weight excluding hydrogens is 278 g/mol. The molecule has 0 N–H and O–H groups in total. The Morgan fingerprint density at radius 2 is 2.10 bits per heavy atom. The van der Waals surface area contributed by atoms with Gasteiger partial charge in [0.2, 0.25) is 0 Å². The summed E-state index contributed by atoms with van der Waals surface area (Å²) in [6.45, 7) is 2.08. The molecule has 0 aliphatic heterocycles. The highest BCUT2D eigenvalue weighted by Gasteiger charge is 2.31. The average Bonchev–Trinajstić information content (AvgIpc) is 2.39. The molecule has 0 heterocycles. The van der Waals surface area contributed by atoms with Crippen molar-refractivity contribution >= 4 is 17.3 Å². The molecule has 0 aromatic heterocycles. The molecule has 0 bridgehead atoms. The normalized spacial score (nSPS) is 21.4. The van der Waals surface area contributed by atoms with Gasteiger partial charge in [-0.3, -0.25) is 10.1 Å². The molecule has 1 atom stereocenters. The molecule has 2 rings (SSSR count). The number of non-ortho nitro benzene ring substituents is 1. The summed E-state index contributed by atoms with van der Waals surface area (Å²) in [7, 11) is 0. The number of hydrogen-bond donors (Lipinski definition) is 0. The van der Waals surface area contributed by atoms with Gasteiger partial charge < -0.3 is 4.74 Å². The molecule has 0 amide bonds. The van der Waals surface area contributed by atoms with E-state index in [0.717, 1.165) is 17.9 Å². The van der Waals surface area contributed by atoms with Gasteiger partial charge in [-0.05, 0) is 30.7 Å². The van der Waals surface area contributed by atoms with Crippen molar-refractivity contribution in [2.45, 2.75) is 31.8 Å². The molecule has 0 fully saturated rings. The predicted molar refractivity (Wildman–Crippen MR) is 79.1 cm³/mol. The molecule has 1 aliphatic rings. The first kappa shape index (κ1) is 14.6. The lowest BCUT2D eigenvalue weighted by Crippen LogP contribution is -2.35. The van der Waals surface area contributed by atoms with E-state index in [-0.39, 0.29) is 5.69 Å². The van der Waals surface area contributed by atoms with Gasteiger partial charge in [0.05, 0.1) is 4.92 Å². The Bertz CT molecular complexity index is 551. The van der Waals surface area contributed by atoms with E-state index in [0.29, 0.717) is 12.2 Å². The maximum absolute atomic E-state index is 10.6. The fourth-order valence-corrected chi connectivity index (χ4v) is 2.62. The zero-order valence-corrected chi connectivity index (χ0v) is 12.0. The van der Waals surface area contributed by atoms with E-state index < -0.39 is 10.5 Å². The molecule has 20 heavy (non-hydrogen) atoms. The second-order valence-corrected chi connectivity index (χ2v) is 5.30. The van der Waals surface area contributed by atoms with Gasteiger partial charge >= 0.3 is 0 Å². The van der Waals surface area contributed by atoms with Crippen LogP contribution in [-0.4, -0.2) is 10.5 Å². The summed E-state index contributed by atoms with van der Waals surface area (Å²) < 4.78 is 6.05. The van der Waals surface area contributed by atoms with Gasteiger partial charge in [-0.2, -0.15) is 0 Å². The third-order valence-electron chi connectivity index (χ3n) is 3.19. The molecule has 1 unspecified atom stereocenters. The predicted octanol–water partition coefficient (Wildman–Crippen LogP) is 4.60. The maximum atomic E-state index is 10.6. The highest BCUT2D eigenvalue weighted by Crippen LogP contribution is 2.34. The summed E-state index contributed by atoms with van der Waals surface area (Å²) in [5.74, 6) is 0.611. The third-order valence-corrected chi connectivity index (χ3v) is 3.45. The molecule has 0 spiro atoms. The molecule has 5 heteroatoms. The lowest BCUT2D eigenvalue weighted by atomic mass is 9.90. The van der Waals surface area contributed by atoms with Crippen LogP contribution in [0.5, 0.6) is 5.75 Å². The van der Waals surface area contributed by atoms with Crippen molar-refractivity contribution in [2.24, 2.45) is 0 Å². The molecule has 0 radical (unpaired) electrons. The van der Waals surface area contributed by atoms with Crippen LogP contribution in [0.3, 0.4) is 0 Å². The van der Waals surface area contributed by atoms with Crippen LogP contribution in [0.2, 0.25) is 0 Å². The second-order valence-electron chi connectivity index (χ2n) is 4.82. The van der Waals surface area contributed by atoms with Gasteiger partial charge in [0.1, 0.15) is 11.4 Å². The SMILES string of the molecule is CCCC1(Oc2ccc([N+](=O)[O-])cc2)C=CC=C(Cl)C1. The van der Waals surface area contributed by atoms with Crippen LogP contribution in [-0.2, 0) is 0 Å². The van der Waals surface area contributed by atoms with E-state index in [2.05, 4.69) is 6.92 Å². The topological polar surface area (TPSA) is 52.4 Å². The molecule has 106 valence electrons. The maximum Gasteiger partial charge on any atom is 0.269 e. The first-order valence-corrected chi connectivity index (χ1v) is 6.90. The number of benzene rings is 1. The minimum Gasteiger partial charge on any atom is -0.483 e. The average molecular weight is 294 g/mol. The summed E-state index contributed by atoms with van der Waals surface area (Å²) in [5.41, 5.74) is -0.407. The minimum atomic E-state index is -0.462. The summed E-state index contributed by atoms with van der Waals surface area (Å²) >= 11 is 6.11. The van der Waals surface area contributed by atoms with Gasteiger partial charge in [0.25, 0.3) is 5.69 Å². The highest BCUT2D eigenvalue weighted by molar-refractivity contribution is 6.29. The van der Waals surface area contributed by atoms with E-state index in [1.807, 2.05) is 18.2 Å². The van der Waals surface area contributed by atoms with Crippen molar-refractivity contribution < 1.29 is 9.66 Å². The van der Waals surface area contributed by atoms with E-state index in [1.165, 1.54) is 12.1 Å². The van der Waals surface area contributed by atoms with Crippen molar-refractivity contribution in [1.29, 1.82) is 0 Å². The molecule has 1 aromatic rings. The van der Waals surface area contributed by atoms with Gasteiger partial charge in [-0.1, -0.05) is 31.0 Å². The summed E-state index contributed by atoms with van der Waals surface area (Å²) in [6, 6.07) is 6.13. The Hall–Kier alpha value is -1.81. The Kier molecular flexibility index (Phi) is 4.45. The van der Waals surface area contributed by atoms with Crippen molar-refractivity contribution in [3.63, 3.8) is 0 Å². The quantitative estimate of drug-likeness (QED) is 0.589. The number of nitrogens with zero attached hydrogens (tertiary/aromatic N) is 1. The molecular formula is C15H16ClNO3. The number of nitro groups is 1. The van der Waals surface area contributed by atoms with Crippen LogP contribution >= 0.6 is 11.6 Å². The summed E-state index contributed by atoms with van der Waals surface area (Å²) in [4.78, 5) is 10.2. The molecule has 1 aromatic carbocycles. The van der Waals surface area contributed by atoms with Gasteiger partial charge in [-0.15, -0.1) is 0 Å². The van der Waals surface area contributed by atoms with Gasteiger partial charge in [0.15, 0.2) is 0 Å².